The monoisotopic (exact) mass is 1460 g/mol. The maximum absolute atomic E-state index is 14.5. The molecule has 11 aromatic rings. The first-order valence-corrected chi connectivity index (χ1v) is 35.5. The molecule has 1 unspecified atom stereocenters. The number of carbonyl (C=O) groups excluding carboxylic acids is 4. The second-order valence-electron chi connectivity index (χ2n) is 27.3. The van der Waals surface area contributed by atoms with Crippen LogP contribution in [0.3, 0.4) is 0 Å². The number of fused-ring (bicyclic) bond motifs is 3. The minimum Gasteiger partial charge on any atom is -0.475 e. The van der Waals surface area contributed by atoms with Crippen molar-refractivity contribution in [2.75, 3.05) is 39.3 Å². The van der Waals surface area contributed by atoms with Crippen LogP contribution in [0.1, 0.15) is 116 Å². The van der Waals surface area contributed by atoms with Crippen molar-refractivity contribution in [1.29, 1.82) is 0 Å². The first-order valence-electron chi connectivity index (χ1n) is 35.1. The number of rotatable bonds is 18. The summed E-state index contributed by atoms with van der Waals surface area (Å²) in [5.74, 6) is -5.05. The number of halogens is 6. The largest absolute Gasteiger partial charge is 0.475 e. The lowest BCUT2D eigenvalue weighted by Crippen LogP contribution is -2.50. The fourth-order valence-electron chi connectivity index (χ4n) is 13.9. The highest BCUT2D eigenvalue weighted by molar-refractivity contribution is 6.29. The van der Waals surface area contributed by atoms with Gasteiger partial charge in [0.15, 0.2) is 5.78 Å². The van der Waals surface area contributed by atoms with Crippen molar-refractivity contribution in [3.05, 3.63) is 261 Å². The molecule has 3 atom stereocenters. The first kappa shape index (κ1) is 73.2. The molecule has 4 aliphatic heterocycles. The van der Waals surface area contributed by atoms with Gasteiger partial charge in [0.1, 0.15) is 40.6 Å². The highest BCUT2D eigenvalue weighted by Crippen LogP contribution is 2.36. The summed E-state index contributed by atoms with van der Waals surface area (Å²) in [5, 5.41) is 23.1. The summed E-state index contributed by atoms with van der Waals surface area (Å²) < 4.78 is 82.3. The predicted octanol–water partition coefficient (Wildman–Crippen LogP) is 15.1. The molecule has 0 aliphatic carbocycles. The Bertz CT molecular complexity index is 4990. The van der Waals surface area contributed by atoms with Crippen LogP contribution in [0.4, 0.5) is 26.7 Å². The van der Waals surface area contributed by atoms with E-state index in [-0.39, 0.29) is 73.3 Å². The Morgan fingerprint density at radius 2 is 1.28 bits per heavy atom. The summed E-state index contributed by atoms with van der Waals surface area (Å²) in [6.45, 7) is 9.16. The van der Waals surface area contributed by atoms with E-state index in [1.165, 1.54) is 24.3 Å². The number of aromatic nitrogens is 7. The average molecular weight is 1460 g/mol. The van der Waals surface area contributed by atoms with Gasteiger partial charge in [-0.25, -0.2) is 36.7 Å². The van der Waals surface area contributed by atoms with Crippen LogP contribution in [0.5, 0.6) is 5.88 Å². The Balaban J connectivity index is 0.000000141. The van der Waals surface area contributed by atoms with Crippen molar-refractivity contribution in [2.45, 2.75) is 103 Å². The Kier molecular flexibility index (Phi) is 22.8. The van der Waals surface area contributed by atoms with Gasteiger partial charge in [-0.1, -0.05) is 72.3 Å². The molecule has 4 N–H and O–H groups in total. The summed E-state index contributed by atoms with van der Waals surface area (Å²) in [6, 6.07) is 45.2. The highest BCUT2D eigenvalue weighted by Gasteiger charge is 2.43. The number of aromatic amines is 2. The van der Waals surface area contributed by atoms with Crippen LogP contribution in [0.25, 0.3) is 44.3 Å². The van der Waals surface area contributed by atoms with Gasteiger partial charge in [-0.05, 0) is 160 Å². The SMILES string of the molecule is Cc1cccc(F)c1CN1CC[C@@H](NC(=O)c2ccc3[nH]nc(-c4ccc(OC(C)C)nc4)c3c2)C1.O=C(CC1CN(C(=O)OCc2ccccc2)CC(F)(F)C1)c1ccc2c(c1)C(c1ccncc1)=NC2.O=C(N[C@@H]1CCCN(Cc2c(F)cccc2F)C1)c1ccc2[nH]nc(-c3ccnc(Cl)c3)c2c1. The number of ketones is 1. The number of carbonyl (C=O) groups is 4. The lowest BCUT2D eigenvalue weighted by atomic mass is 9.88. The zero-order chi connectivity index (χ0) is 74.0. The molecule has 3 fully saturated rings. The van der Waals surface area contributed by atoms with Gasteiger partial charge >= 0.3 is 6.09 Å². The van der Waals surface area contributed by atoms with E-state index in [0.29, 0.717) is 59.6 Å². The minimum absolute atomic E-state index is 0.00182. The van der Waals surface area contributed by atoms with E-state index < -0.39 is 42.5 Å². The van der Waals surface area contributed by atoms with Gasteiger partial charge in [0.05, 0.1) is 35.9 Å². The molecule has 106 heavy (non-hydrogen) atoms. The molecule has 0 saturated carbocycles. The normalized spacial score (nSPS) is 17.0. The third kappa shape index (κ3) is 18.0. The van der Waals surface area contributed by atoms with E-state index in [1.54, 1.807) is 79.4 Å². The molecule has 3 saturated heterocycles. The molecule has 3 amide bonds. The Morgan fingerprint density at radius 3 is 1.94 bits per heavy atom. The number of aryl methyl sites for hydroxylation is 1. The molecule has 25 heteroatoms. The van der Waals surface area contributed by atoms with Crippen molar-refractivity contribution >= 4 is 62.8 Å². The highest BCUT2D eigenvalue weighted by atomic mass is 35.5. The first-order chi connectivity index (χ1) is 51.2. The molecule has 0 spiro atoms. The third-order valence-electron chi connectivity index (χ3n) is 19.1. The van der Waals surface area contributed by atoms with E-state index in [4.69, 9.17) is 21.1 Å². The molecule has 15 rings (SSSR count). The molecule has 6 aromatic carbocycles. The lowest BCUT2D eigenvalue weighted by molar-refractivity contribution is -0.0801. The van der Waals surface area contributed by atoms with Gasteiger partial charge in [-0.15, -0.1) is 0 Å². The predicted molar refractivity (Wildman–Crippen MR) is 394 cm³/mol. The van der Waals surface area contributed by atoms with E-state index in [9.17, 15) is 41.1 Å². The van der Waals surface area contributed by atoms with E-state index in [0.717, 1.165) is 115 Å². The number of hydrogen-bond donors (Lipinski definition) is 4. The number of piperidine rings is 2. The summed E-state index contributed by atoms with van der Waals surface area (Å²) in [5.41, 5.74) is 12.3. The number of pyridine rings is 3. The van der Waals surface area contributed by atoms with E-state index in [2.05, 4.69) is 55.9 Å². The molecule has 4 aliphatic rings. The van der Waals surface area contributed by atoms with Crippen LogP contribution >= 0.6 is 11.6 Å². The summed E-state index contributed by atoms with van der Waals surface area (Å²) in [6.07, 6.45) is 7.88. The van der Waals surface area contributed by atoms with Gasteiger partial charge in [0.25, 0.3) is 17.7 Å². The quantitative estimate of drug-likeness (QED) is 0.0356. The van der Waals surface area contributed by atoms with E-state index >= 15 is 0 Å². The number of H-pyrrole nitrogens is 2. The Morgan fingerprint density at radius 1 is 0.651 bits per heavy atom. The molecule has 0 bridgehead atoms. The summed E-state index contributed by atoms with van der Waals surface area (Å²) in [4.78, 5) is 74.0. The zero-order valence-electron chi connectivity index (χ0n) is 58.5. The molecular weight excluding hydrogens is 1380 g/mol. The number of benzene rings is 6. The van der Waals surface area contributed by atoms with Crippen LogP contribution in [-0.4, -0.2) is 143 Å². The number of alkyl halides is 2. The molecule has 0 radical (unpaired) electrons. The van der Waals surface area contributed by atoms with Gasteiger partial charge in [-0.2, -0.15) is 10.2 Å². The number of hydrogen-bond acceptors (Lipinski definition) is 14. The minimum atomic E-state index is -3.09. The topological polar surface area (TPSA) is 229 Å². The van der Waals surface area contributed by atoms with Crippen molar-refractivity contribution < 1.29 is 50.6 Å². The van der Waals surface area contributed by atoms with Gasteiger partial charge < -0.3 is 25.0 Å². The number of aliphatic imine (C=N–C) groups is 1. The fourth-order valence-corrected chi connectivity index (χ4v) is 14.0. The smallest absolute Gasteiger partial charge is 0.410 e. The number of amides is 3. The molecule has 19 nitrogen and oxygen atoms in total. The maximum atomic E-state index is 14.5. The maximum Gasteiger partial charge on any atom is 0.410 e. The van der Waals surface area contributed by atoms with Crippen molar-refractivity contribution in [3.63, 3.8) is 0 Å². The third-order valence-corrected chi connectivity index (χ3v) is 19.3. The second-order valence-corrected chi connectivity index (χ2v) is 27.7. The fraction of sp³-hybridized carbons (Fsp3) is 0.284. The summed E-state index contributed by atoms with van der Waals surface area (Å²) in [7, 11) is 0. The summed E-state index contributed by atoms with van der Waals surface area (Å²) >= 11 is 6.02. The second kappa shape index (κ2) is 32.9. The Hall–Kier alpha value is -11.1. The van der Waals surface area contributed by atoms with Gasteiger partial charge in [0, 0.05) is 156 Å². The van der Waals surface area contributed by atoms with Crippen molar-refractivity contribution in [1.82, 2.24) is 60.7 Å². The standard InChI is InChI=1S/C28H25F2N3O3.C28H30FN5O2.C25H22ClF2N5O/c29-28(30)14-20(16-33(18-28)27(35)36-17-19-4-2-1-3-5-19)12-25(34)22-6-7-23-15-32-26(24(23)13-22)21-8-10-31-11-9-21;1-17(2)36-26-10-8-20(14-30-26)27-22-13-19(7-9-25(22)32-33-27)28(35)31-21-11-12-34(15-21)16-23-18(3)5-4-6-24(23)29;26-23-12-15(8-9-29-23)24-18-11-16(6-7-22(18)31-32-24)25(34)30-17-3-2-10-33(13-17)14-19-20(27)4-1-5-21(19)28/h1-11,13,20H,12,14-18H2;4-10,13-14,17,21H,11-12,15-16H2,1-3H3,(H,31,35)(H,32,33);1,4-9,11-12,17H,2-3,10,13-14H2,(H,30,34)(H,31,32)/t;21-;17-/m.11/s1. The molecule has 5 aromatic heterocycles. The number of Topliss-reactive ketones (excluding diaryl/α,β-unsaturated/α-hetero) is 1. The van der Waals surface area contributed by atoms with Crippen molar-refractivity contribution in [3.8, 4) is 28.4 Å². The zero-order valence-corrected chi connectivity index (χ0v) is 59.2. The number of likely N-dealkylation sites (tertiary alicyclic amines) is 3. The number of nitrogens with one attached hydrogen (secondary N) is 4. The Labute approximate surface area is 613 Å². The van der Waals surface area contributed by atoms with Crippen LogP contribution in [-0.2, 0) is 31.0 Å². The van der Waals surface area contributed by atoms with Crippen LogP contribution in [0, 0.1) is 30.3 Å². The molecular formula is C81H77ClF5N13O6. The average Bonchev–Trinajstić information content (AvgIpc) is 1.63. The van der Waals surface area contributed by atoms with Crippen LogP contribution < -0.4 is 15.4 Å². The van der Waals surface area contributed by atoms with Crippen molar-refractivity contribution in [2.24, 2.45) is 10.9 Å². The molecule has 9 heterocycles. The van der Waals surface area contributed by atoms with E-state index in [1.807, 2.05) is 105 Å². The van der Waals surface area contributed by atoms with Gasteiger partial charge in [0.2, 0.25) is 5.88 Å². The van der Waals surface area contributed by atoms with Gasteiger partial charge in [-0.3, -0.25) is 44.4 Å². The number of nitrogens with zero attached hydrogens (tertiary/aromatic N) is 9. The number of ether oxygens (including phenoxy) is 2. The van der Waals surface area contributed by atoms with Crippen LogP contribution in [0.15, 0.2) is 188 Å². The lowest BCUT2D eigenvalue weighted by Gasteiger charge is -2.36. The molecule has 544 valence electrons. The van der Waals surface area contributed by atoms with Crippen LogP contribution in [0.2, 0.25) is 5.15 Å².